The zero-order valence-electron chi connectivity index (χ0n) is 8.49. The van der Waals surface area contributed by atoms with Crippen LogP contribution in [0.2, 0.25) is 0 Å². The molecule has 14 heavy (non-hydrogen) atoms. The topological polar surface area (TPSA) is 19.0 Å². The number of pyridine rings is 1. The molecule has 76 valence electrons. The summed E-state index contributed by atoms with van der Waals surface area (Å²) < 4.78 is 0.812. The first-order valence-corrected chi connectivity index (χ1v) is 5.57. The molecule has 2 nitrogen and oxygen atoms in total. The molecule has 1 saturated heterocycles. The van der Waals surface area contributed by atoms with Crippen LogP contribution >= 0.6 is 12.2 Å². The zero-order chi connectivity index (χ0) is 9.97. The van der Waals surface area contributed by atoms with E-state index in [1.165, 1.54) is 31.4 Å². The van der Waals surface area contributed by atoms with E-state index in [0.29, 0.717) is 6.04 Å². The summed E-state index contributed by atoms with van der Waals surface area (Å²) in [7, 11) is 2.20. The molecule has 3 heteroatoms. The predicted octanol–water partition coefficient (Wildman–Crippen LogP) is 2.90. The third-order valence-electron chi connectivity index (χ3n) is 2.96. The van der Waals surface area contributed by atoms with Crippen LogP contribution in [0, 0.1) is 4.64 Å². The highest BCUT2D eigenvalue weighted by Crippen LogP contribution is 2.28. The number of nitrogens with one attached hydrogen (secondary N) is 1. The summed E-state index contributed by atoms with van der Waals surface area (Å²) >= 11 is 5.03. The van der Waals surface area contributed by atoms with E-state index in [9.17, 15) is 0 Å². The van der Waals surface area contributed by atoms with Gasteiger partial charge in [-0.3, -0.25) is 4.90 Å². The average Bonchev–Trinajstić information content (AvgIpc) is 2.20. The molecule has 0 unspecified atom stereocenters. The summed E-state index contributed by atoms with van der Waals surface area (Å²) in [5.41, 5.74) is 1.36. The molecule has 2 heterocycles. The predicted molar refractivity (Wildman–Crippen MR) is 60.8 cm³/mol. The Labute approximate surface area is 90.0 Å². The van der Waals surface area contributed by atoms with Gasteiger partial charge in [0.25, 0.3) is 0 Å². The van der Waals surface area contributed by atoms with Crippen molar-refractivity contribution in [1.82, 2.24) is 9.88 Å². The Morgan fingerprint density at radius 1 is 1.43 bits per heavy atom. The average molecular weight is 208 g/mol. The summed E-state index contributed by atoms with van der Waals surface area (Å²) in [6.07, 6.45) is 5.98. The monoisotopic (exact) mass is 208 g/mol. The molecule has 0 spiro atoms. The lowest BCUT2D eigenvalue weighted by molar-refractivity contribution is 0.187. The smallest absolute Gasteiger partial charge is 0.103 e. The molecule has 0 saturated carbocycles. The number of hydrogen-bond donors (Lipinski definition) is 1. The van der Waals surface area contributed by atoms with E-state index in [1.54, 1.807) is 0 Å². The maximum atomic E-state index is 5.03. The van der Waals surface area contributed by atoms with Gasteiger partial charge >= 0.3 is 0 Å². The maximum Gasteiger partial charge on any atom is 0.103 e. The van der Waals surface area contributed by atoms with Gasteiger partial charge in [-0.2, -0.15) is 0 Å². The highest BCUT2D eigenvalue weighted by molar-refractivity contribution is 7.71. The molecule has 0 bridgehead atoms. The van der Waals surface area contributed by atoms with Crippen molar-refractivity contribution in [2.24, 2.45) is 0 Å². The van der Waals surface area contributed by atoms with Crippen molar-refractivity contribution in [3.8, 4) is 0 Å². The van der Waals surface area contributed by atoms with Gasteiger partial charge in [0.15, 0.2) is 0 Å². The Morgan fingerprint density at radius 3 is 2.93 bits per heavy atom. The van der Waals surface area contributed by atoms with Crippen LogP contribution in [0.1, 0.15) is 30.9 Å². The van der Waals surface area contributed by atoms with Crippen LogP contribution in [0.25, 0.3) is 0 Å². The Morgan fingerprint density at radius 2 is 2.29 bits per heavy atom. The zero-order valence-corrected chi connectivity index (χ0v) is 9.31. The molecule has 1 aliphatic heterocycles. The third-order valence-corrected chi connectivity index (χ3v) is 3.22. The Balaban J connectivity index is 2.20. The maximum absolute atomic E-state index is 5.03. The van der Waals surface area contributed by atoms with Gasteiger partial charge in [-0.05, 0) is 38.1 Å². The van der Waals surface area contributed by atoms with Crippen molar-refractivity contribution in [2.45, 2.75) is 25.3 Å². The van der Waals surface area contributed by atoms with E-state index in [-0.39, 0.29) is 0 Å². The lowest BCUT2D eigenvalue weighted by Crippen LogP contribution is -2.29. The minimum absolute atomic E-state index is 0.579. The van der Waals surface area contributed by atoms with E-state index in [2.05, 4.69) is 29.2 Å². The molecule has 1 aromatic rings. The highest BCUT2D eigenvalue weighted by Gasteiger charge is 2.19. The number of rotatable bonds is 1. The van der Waals surface area contributed by atoms with Gasteiger partial charge in [-0.15, -0.1) is 0 Å². The second-order valence-electron chi connectivity index (χ2n) is 3.98. The van der Waals surface area contributed by atoms with Crippen LogP contribution in [0.3, 0.4) is 0 Å². The molecule has 1 aliphatic rings. The van der Waals surface area contributed by atoms with Crippen molar-refractivity contribution in [3.05, 3.63) is 28.5 Å². The van der Waals surface area contributed by atoms with Gasteiger partial charge in [0.05, 0.1) is 0 Å². The number of H-pyrrole nitrogens is 1. The van der Waals surface area contributed by atoms with Gasteiger partial charge in [0.1, 0.15) is 4.64 Å². The Kier molecular flexibility index (Phi) is 2.99. The van der Waals surface area contributed by atoms with Crippen LogP contribution in [0.15, 0.2) is 18.3 Å². The summed E-state index contributed by atoms with van der Waals surface area (Å²) in [5, 5.41) is 0. The molecule has 2 rings (SSSR count). The summed E-state index contributed by atoms with van der Waals surface area (Å²) in [6, 6.07) is 4.70. The molecular formula is C11H16N2S. The van der Waals surface area contributed by atoms with E-state index >= 15 is 0 Å². The standard InChI is InChI=1S/C11H16N2S/c1-13-7-3-2-4-10(13)9-5-6-11(14)12-8-9/h5-6,8,10H,2-4,7H2,1H3,(H,12,14)/t10-/m0/s1. The SMILES string of the molecule is CN1CCCC[C@H]1c1ccc(=S)[nH]c1. The van der Waals surface area contributed by atoms with Crippen molar-refractivity contribution in [3.63, 3.8) is 0 Å². The lowest BCUT2D eigenvalue weighted by atomic mass is 9.97. The molecule has 1 fully saturated rings. The third kappa shape index (κ3) is 2.04. The van der Waals surface area contributed by atoms with Crippen molar-refractivity contribution < 1.29 is 0 Å². The van der Waals surface area contributed by atoms with Crippen molar-refractivity contribution >= 4 is 12.2 Å². The van der Waals surface area contributed by atoms with Gasteiger partial charge in [-0.1, -0.05) is 24.7 Å². The van der Waals surface area contributed by atoms with Crippen LogP contribution in [0.5, 0.6) is 0 Å². The second kappa shape index (κ2) is 4.24. The van der Waals surface area contributed by atoms with E-state index in [0.717, 1.165) is 4.64 Å². The van der Waals surface area contributed by atoms with E-state index < -0.39 is 0 Å². The van der Waals surface area contributed by atoms with E-state index in [4.69, 9.17) is 12.2 Å². The van der Waals surface area contributed by atoms with Crippen LogP contribution in [0.4, 0.5) is 0 Å². The number of aromatic nitrogens is 1. The second-order valence-corrected chi connectivity index (χ2v) is 4.42. The summed E-state index contributed by atoms with van der Waals surface area (Å²) in [5.74, 6) is 0. The van der Waals surface area contributed by atoms with E-state index in [1.807, 2.05) is 6.07 Å². The van der Waals surface area contributed by atoms with Crippen molar-refractivity contribution in [1.29, 1.82) is 0 Å². The van der Waals surface area contributed by atoms with Crippen molar-refractivity contribution in [2.75, 3.05) is 13.6 Å². The highest BCUT2D eigenvalue weighted by atomic mass is 32.1. The summed E-state index contributed by atoms with van der Waals surface area (Å²) in [4.78, 5) is 5.53. The van der Waals surface area contributed by atoms with Gasteiger partial charge in [0, 0.05) is 12.2 Å². The number of aromatic amines is 1. The fraction of sp³-hybridized carbons (Fsp3) is 0.545. The van der Waals surface area contributed by atoms with Gasteiger partial charge in [-0.25, -0.2) is 0 Å². The fourth-order valence-corrected chi connectivity index (χ4v) is 2.25. The first-order valence-electron chi connectivity index (χ1n) is 5.16. The first kappa shape index (κ1) is 9.87. The lowest BCUT2D eigenvalue weighted by Gasteiger charge is -2.32. The molecule has 0 radical (unpaired) electrons. The van der Waals surface area contributed by atoms with Crippen LogP contribution in [-0.2, 0) is 0 Å². The quantitative estimate of drug-likeness (QED) is 0.716. The minimum atomic E-state index is 0.579. The molecule has 1 aromatic heterocycles. The number of likely N-dealkylation sites (tertiary alicyclic amines) is 1. The number of hydrogen-bond acceptors (Lipinski definition) is 2. The Bertz CT molecular complexity index is 338. The molecular weight excluding hydrogens is 192 g/mol. The molecule has 1 N–H and O–H groups in total. The molecule has 0 aliphatic carbocycles. The number of piperidine rings is 1. The van der Waals surface area contributed by atoms with Crippen LogP contribution in [-0.4, -0.2) is 23.5 Å². The molecule has 0 aromatic carbocycles. The van der Waals surface area contributed by atoms with Crippen LogP contribution < -0.4 is 0 Å². The molecule has 1 atom stereocenters. The molecule has 0 amide bonds. The largest absolute Gasteiger partial charge is 0.353 e. The normalized spacial score (nSPS) is 23.6. The summed E-state index contributed by atoms with van der Waals surface area (Å²) in [6.45, 7) is 1.21. The minimum Gasteiger partial charge on any atom is -0.353 e. The number of nitrogens with zero attached hydrogens (tertiary/aromatic N) is 1. The first-order chi connectivity index (χ1) is 6.77. The van der Waals surface area contributed by atoms with Gasteiger partial charge in [0.2, 0.25) is 0 Å². The fourth-order valence-electron chi connectivity index (χ4n) is 2.13. The Hall–Kier alpha value is -0.670. The van der Waals surface area contributed by atoms with Gasteiger partial charge < -0.3 is 4.98 Å².